The summed E-state index contributed by atoms with van der Waals surface area (Å²) >= 11 is 5.96. The molecule has 1 fully saturated rings. The van der Waals surface area contributed by atoms with Crippen LogP contribution in [0.2, 0.25) is 5.02 Å². The van der Waals surface area contributed by atoms with Crippen molar-refractivity contribution in [2.24, 2.45) is 5.92 Å². The van der Waals surface area contributed by atoms with Crippen LogP contribution in [0.4, 0.5) is 0 Å². The summed E-state index contributed by atoms with van der Waals surface area (Å²) < 4.78 is 5.70. The highest BCUT2D eigenvalue weighted by atomic mass is 35.5. The molecule has 1 N–H and O–H groups in total. The van der Waals surface area contributed by atoms with Crippen molar-refractivity contribution in [1.82, 2.24) is 5.32 Å². The van der Waals surface area contributed by atoms with Gasteiger partial charge in [-0.1, -0.05) is 24.6 Å². The third-order valence-corrected chi connectivity index (χ3v) is 4.01. The van der Waals surface area contributed by atoms with Crippen LogP contribution in [0.5, 0.6) is 0 Å². The van der Waals surface area contributed by atoms with Gasteiger partial charge in [-0.3, -0.25) is 0 Å². The SMILES string of the molecule is CCC1OCCC1CNCc1ccc(Cl)cc1C. The van der Waals surface area contributed by atoms with Gasteiger partial charge in [-0.2, -0.15) is 0 Å². The predicted octanol–water partition coefficient (Wildman–Crippen LogP) is 3.55. The van der Waals surface area contributed by atoms with E-state index in [4.69, 9.17) is 16.3 Å². The first-order chi connectivity index (χ1) is 8.70. The zero-order valence-electron chi connectivity index (χ0n) is 11.2. The number of halogens is 1. The van der Waals surface area contributed by atoms with Crippen molar-refractivity contribution in [1.29, 1.82) is 0 Å². The number of benzene rings is 1. The lowest BCUT2D eigenvalue weighted by atomic mass is 9.99. The highest BCUT2D eigenvalue weighted by Crippen LogP contribution is 2.22. The number of nitrogens with one attached hydrogen (secondary N) is 1. The average molecular weight is 268 g/mol. The monoisotopic (exact) mass is 267 g/mol. The molecule has 100 valence electrons. The summed E-state index contributed by atoms with van der Waals surface area (Å²) in [6.45, 7) is 7.18. The first-order valence-corrected chi connectivity index (χ1v) is 7.16. The van der Waals surface area contributed by atoms with Gasteiger partial charge in [-0.25, -0.2) is 0 Å². The van der Waals surface area contributed by atoms with Crippen molar-refractivity contribution < 1.29 is 4.74 Å². The summed E-state index contributed by atoms with van der Waals surface area (Å²) in [6.07, 6.45) is 2.75. The zero-order valence-corrected chi connectivity index (χ0v) is 12.0. The summed E-state index contributed by atoms with van der Waals surface area (Å²) in [6, 6.07) is 6.08. The topological polar surface area (TPSA) is 21.3 Å². The van der Waals surface area contributed by atoms with Gasteiger partial charge >= 0.3 is 0 Å². The Morgan fingerprint density at radius 1 is 1.44 bits per heavy atom. The normalized spacial score (nSPS) is 23.5. The Bertz CT molecular complexity index is 394. The lowest BCUT2D eigenvalue weighted by Crippen LogP contribution is -2.28. The molecule has 0 amide bonds. The zero-order chi connectivity index (χ0) is 13.0. The summed E-state index contributed by atoms with van der Waals surface area (Å²) in [5.74, 6) is 0.669. The van der Waals surface area contributed by atoms with Gasteiger partial charge in [0.2, 0.25) is 0 Å². The molecule has 2 rings (SSSR count). The van der Waals surface area contributed by atoms with E-state index in [1.54, 1.807) is 0 Å². The number of hydrogen-bond donors (Lipinski definition) is 1. The van der Waals surface area contributed by atoms with E-state index in [2.05, 4.69) is 25.2 Å². The van der Waals surface area contributed by atoms with Crippen molar-refractivity contribution in [3.05, 3.63) is 34.3 Å². The summed E-state index contributed by atoms with van der Waals surface area (Å²) in [7, 11) is 0. The van der Waals surface area contributed by atoms with Crippen LogP contribution in [0.1, 0.15) is 30.9 Å². The van der Waals surface area contributed by atoms with Crippen LogP contribution in [-0.4, -0.2) is 19.3 Å². The molecule has 2 unspecified atom stereocenters. The molecule has 1 saturated heterocycles. The summed E-state index contributed by atoms with van der Waals surface area (Å²) in [5, 5.41) is 4.36. The molecule has 0 spiro atoms. The molecule has 1 aromatic rings. The number of hydrogen-bond acceptors (Lipinski definition) is 2. The van der Waals surface area contributed by atoms with Crippen molar-refractivity contribution in [3.8, 4) is 0 Å². The number of aryl methyl sites for hydroxylation is 1. The van der Waals surface area contributed by atoms with E-state index in [1.165, 1.54) is 17.5 Å². The molecule has 0 radical (unpaired) electrons. The second-order valence-electron chi connectivity index (χ2n) is 5.07. The molecule has 0 bridgehead atoms. The standard InChI is InChI=1S/C15H22ClNO/c1-3-15-13(6-7-18-15)10-17-9-12-4-5-14(16)8-11(12)2/h4-5,8,13,15,17H,3,6-7,9-10H2,1-2H3. The van der Waals surface area contributed by atoms with E-state index < -0.39 is 0 Å². The predicted molar refractivity (Wildman–Crippen MR) is 76.0 cm³/mol. The van der Waals surface area contributed by atoms with Crippen LogP contribution in [0.3, 0.4) is 0 Å². The van der Waals surface area contributed by atoms with Gasteiger partial charge in [0.05, 0.1) is 6.10 Å². The van der Waals surface area contributed by atoms with E-state index in [-0.39, 0.29) is 0 Å². The van der Waals surface area contributed by atoms with Gasteiger partial charge in [0.25, 0.3) is 0 Å². The Hall–Kier alpha value is -0.570. The molecule has 1 heterocycles. The molecule has 18 heavy (non-hydrogen) atoms. The Morgan fingerprint density at radius 3 is 3.00 bits per heavy atom. The third kappa shape index (κ3) is 3.47. The Balaban J connectivity index is 1.81. The second-order valence-corrected chi connectivity index (χ2v) is 5.50. The molecular weight excluding hydrogens is 246 g/mol. The van der Waals surface area contributed by atoms with Crippen molar-refractivity contribution >= 4 is 11.6 Å². The fourth-order valence-corrected chi connectivity index (χ4v) is 2.85. The quantitative estimate of drug-likeness (QED) is 0.881. The largest absolute Gasteiger partial charge is 0.378 e. The number of rotatable bonds is 5. The third-order valence-electron chi connectivity index (χ3n) is 3.78. The van der Waals surface area contributed by atoms with Gasteiger partial charge in [0.15, 0.2) is 0 Å². The Labute approximate surface area is 115 Å². The van der Waals surface area contributed by atoms with Gasteiger partial charge in [0, 0.05) is 24.7 Å². The van der Waals surface area contributed by atoms with Crippen LogP contribution >= 0.6 is 11.6 Å². The molecule has 0 aromatic heterocycles. The number of ether oxygens (including phenoxy) is 1. The van der Waals surface area contributed by atoms with E-state index in [9.17, 15) is 0 Å². The van der Waals surface area contributed by atoms with Crippen molar-refractivity contribution in [2.75, 3.05) is 13.2 Å². The van der Waals surface area contributed by atoms with Gasteiger partial charge in [0.1, 0.15) is 0 Å². The average Bonchev–Trinajstić information content (AvgIpc) is 2.79. The van der Waals surface area contributed by atoms with Crippen molar-refractivity contribution in [3.63, 3.8) is 0 Å². The van der Waals surface area contributed by atoms with Crippen LogP contribution in [0, 0.1) is 12.8 Å². The van der Waals surface area contributed by atoms with Crippen molar-refractivity contribution in [2.45, 2.75) is 39.3 Å². The van der Waals surface area contributed by atoms with E-state index in [0.717, 1.165) is 31.1 Å². The molecule has 1 aliphatic rings. The highest BCUT2D eigenvalue weighted by Gasteiger charge is 2.25. The molecular formula is C15H22ClNO. The lowest BCUT2D eigenvalue weighted by molar-refractivity contribution is 0.0872. The van der Waals surface area contributed by atoms with Crippen LogP contribution in [0.25, 0.3) is 0 Å². The minimum absolute atomic E-state index is 0.448. The minimum atomic E-state index is 0.448. The second kappa shape index (κ2) is 6.55. The van der Waals surface area contributed by atoms with Crippen LogP contribution in [-0.2, 0) is 11.3 Å². The van der Waals surface area contributed by atoms with E-state index >= 15 is 0 Å². The molecule has 0 saturated carbocycles. The molecule has 2 nitrogen and oxygen atoms in total. The molecule has 0 aliphatic carbocycles. The molecule has 1 aliphatic heterocycles. The fraction of sp³-hybridized carbons (Fsp3) is 0.600. The maximum atomic E-state index is 5.96. The highest BCUT2D eigenvalue weighted by molar-refractivity contribution is 6.30. The summed E-state index contributed by atoms with van der Waals surface area (Å²) in [4.78, 5) is 0. The van der Waals surface area contributed by atoms with Gasteiger partial charge in [-0.15, -0.1) is 0 Å². The van der Waals surface area contributed by atoms with Gasteiger partial charge in [-0.05, 0) is 48.9 Å². The molecule has 2 atom stereocenters. The Kier molecular flexibility index (Phi) is 5.04. The maximum Gasteiger partial charge on any atom is 0.0613 e. The molecule has 1 aromatic carbocycles. The molecule has 3 heteroatoms. The lowest BCUT2D eigenvalue weighted by Gasteiger charge is -2.17. The maximum absolute atomic E-state index is 5.96. The fourth-order valence-electron chi connectivity index (χ4n) is 2.63. The van der Waals surface area contributed by atoms with E-state index in [0.29, 0.717) is 12.0 Å². The van der Waals surface area contributed by atoms with E-state index in [1.807, 2.05) is 12.1 Å². The van der Waals surface area contributed by atoms with Crippen LogP contribution in [0.15, 0.2) is 18.2 Å². The summed E-state index contributed by atoms with van der Waals surface area (Å²) in [5.41, 5.74) is 2.58. The van der Waals surface area contributed by atoms with Gasteiger partial charge < -0.3 is 10.1 Å². The first-order valence-electron chi connectivity index (χ1n) is 6.78. The Morgan fingerprint density at radius 2 is 2.28 bits per heavy atom. The van der Waals surface area contributed by atoms with Crippen LogP contribution < -0.4 is 5.32 Å². The smallest absolute Gasteiger partial charge is 0.0613 e. The first kappa shape index (κ1) is 13.9. The minimum Gasteiger partial charge on any atom is -0.378 e.